The molecule has 0 radical (unpaired) electrons. The van der Waals surface area contributed by atoms with E-state index in [-0.39, 0.29) is 17.4 Å². The lowest BCUT2D eigenvalue weighted by atomic mass is 9.67. The standard InChI is InChI=1S/C17H32N2O/c1-3-17(2,10-11-18)19-16(20)15-9-8-13-6-4-5-7-14(13)12-15/h13-15H,3-12,18H2,1-2H3,(H,19,20). The summed E-state index contributed by atoms with van der Waals surface area (Å²) in [6.07, 6.45) is 10.8. The summed E-state index contributed by atoms with van der Waals surface area (Å²) in [7, 11) is 0. The van der Waals surface area contributed by atoms with Crippen LogP contribution < -0.4 is 11.1 Å². The van der Waals surface area contributed by atoms with Crippen LogP contribution in [0.4, 0.5) is 0 Å². The fourth-order valence-corrected chi connectivity index (χ4v) is 4.16. The van der Waals surface area contributed by atoms with Crippen LogP contribution in [-0.4, -0.2) is 18.0 Å². The van der Waals surface area contributed by atoms with E-state index in [9.17, 15) is 4.79 Å². The van der Waals surface area contributed by atoms with E-state index in [0.29, 0.717) is 6.54 Å². The van der Waals surface area contributed by atoms with Crippen molar-refractivity contribution in [3.05, 3.63) is 0 Å². The van der Waals surface area contributed by atoms with E-state index in [1.165, 1.54) is 32.1 Å². The average Bonchev–Trinajstić information content (AvgIpc) is 2.47. The fourth-order valence-electron chi connectivity index (χ4n) is 4.16. The highest BCUT2D eigenvalue weighted by Gasteiger charge is 2.36. The van der Waals surface area contributed by atoms with Crippen LogP contribution in [0.2, 0.25) is 0 Å². The van der Waals surface area contributed by atoms with Gasteiger partial charge in [0.25, 0.3) is 0 Å². The molecule has 2 rings (SSSR count). The van der Waals surface area contributed by atoms with Crippen molar-refractivity contribution >= 4 is 5.91 Å². The third-order valence-electron chi connectivity index (χ3n) is 5.81. The summed E-state index contributed by atoms with van der Waals surface area (Å²) in [5, 5.41) is 3.29. The first kappa shape index (κ1) is 15.8. The fraction of sp³-hybridized carbons (Fsp3) is 0.941. The lowest BCUT2D eigenvalue weighted by Crippen LogP contribution is -2.50. The molecule has 2 aliphatic carbocycles. The zero-order chi connectivity index (χ0) is 14.6. The zero-order valence-corrected chi connectivity index (χ0v) is 13.3. The first-order chi connectivity index (χ1) is 9.58. The molecule has 3 N–H and O–H groups in total. The van der Waals surface area contributed by atoms with Crippen LogP contribution in [0.25, 0.3) is 0 Å². The predicted molar refractivity (Wildman–Crippen MR) is 83.3 cm³/mol. The Bertz CT molecular complexity index is 331. The number of carbonyl (C=O) groups excluding carboxylic acids is 1. The van der Waals surface area contributed by atoms with E-state index in [0.717, 1.165) is 37.5 Å². The van der Waals surface area contributed by atoms with Gasteiger partial charge in [-0.3, -0.25) is 4.79 Å². The van der Waals surface area contributed by atoms with Gasteiger partial charge in [-0.15, -0.1) is 0 Å². The summed E-state index contributed by atoms with van der Waals surface area (Å²) >= 11 is 0. The molecule has 0 heterocycles. The van der Waals surface area contributed by atoms with Crippen LogP contribution in [0.15, 0.2) is 0 Å². The second-order valence-electron chi connectivity index (χ2n) is 7.26. The van der Waals surface area contributed by atoms with Crippen molar-refractivity contribution in [3.8, 4) is 0 Å². The third kappa shape index (κ3) is 3.75. The molecule has 0 spiro atoms. The van der Waals surface area contributed by atoms with Crippen molar-refractivity contribution in [1.29, 1.82) is 0 Å². The number of fused-ring (bicyclic) bond motifs is 1. The Balaban J connectivity index is 1.89. The number of carbonyl (C=O) groups is 1. The van der Waals surface area contributed by atoms with Crippen LogP contribution >= 0.6 is 0 Å². The summed E-state index contributed by atoms with van der Waals surface area (Å²) < 4.78 is 0. The molecule has 4 unspecified atom stereocenters. The van der Waals surface area contributed by atoms with Gasteiger partial charge in [0, 0.05) is 11.5 Å². The maximum atomic E-state index is 12.6. The second-order valence-corrected chi connectivity index (χ2v) is 7.26. The summed E-state index contributed by atoms with van der Waals surface area (Å²) in [5.41, 5.74) is 5.56. The Hall–Kier alpha value is -0.570. The Morgan fingerprint density at radius 1 is 1.20 bits per heavy atom. The molecule has 0 bridgehead atoms. The first-order valence-corrected chi connectivity index (χ1v) is 8.60. The Kier molecular flexibility index (Phi) is 5.48. The van der Waals surface area contributed by atoms with Crippen molar-refractivity contribution in [2.45, 2.75) is 77.2 Å². The Morgan fingerprint density at radius 2 is 1.90 bits per heavy atom. The lowest BCUT2D eigenvalue weighted by Gasteiger charge is -2.40. The molecule has 2 fully saturated rings. The minimum absolute atomic E-state index is 0.116. The highest BCUT2D eigenvalue weighted by molar-refractivity contribution is 5.79. The van der Waals surface area contributed by atoms with Crippen molar-refractivity contribution in [2.75, 3.05) is 6.54 Å². The molecule has 0 saturated heterocycles. The minimum atomic E-state index is -0.116. The smallest absolute Gasteiger partial charge is 0.223 e. The second kappa shape index (κ2) is 6.93. The van der Waals surface area contributed by atoms with Gasteiger partial charge in [0.05, 0.1) is 0 Å². The molecule has 0 aromatic heterocycles. The normalized spacial score (nSPS) is 33.0. The summed E-state index contributed by atoms with van der Waals surface area (Å²) in [6, 6.07) is 0. The van der Waals surface area contributed by atoms with Gasteiger partial charge in [0.1, 0.15) is 0 Å². The topological polar surface area (TPSA) is 55.1 Å². The monoisotopic (exact) mass is 280 g/mol. The number of nitrogens with two attached hydrogens (primary N) is 1. The molecule has 20 heavy (non-hydrogen) atoms. The molecular formula is C17H32N2O. The van der Waals surface area contributed by atoms with E-state index in [1.54, 1.807) is 0 Å². The molecule has 4 atom stereocenters. The molecule has 2 aliphatic rings. The van der Waals surface area contributed by atoms with Crippen molar-refractivity contribution in [1.82, 2.24) is 5.32 Å². The molecule has 116 valence electrons. The minimum Gasteiger partial charge on any atom is -0.351 e. The number of nitrogens with one attached hydrogen (secondary N) is 1. The van der Waals surface area contributed by atoms with Gasteiger partial charge in [-0.2, -0.15) is 0 Å². The quantitative estimate of drug-likeness (QED) is 0.812. The number of hydrogen-bond donors (Lipinski definition) is 2. The molecule has 1 amide bonds. The average molecular weight is 280 g/mol. The third-order valence-corrected chi connectivity index (χ3v) is 5.81. The van der Waals surface area contributed by atoms with E-state index in [2.05, 4.69) is 19.2 Å². The predicted octanol–water partition coefficient (Wildman–Crippen LogP) is 3.23. The SMILES string of the molecule is CCC(C)(CCN)NC(=O)C1CCC2CCCCC2C1. The highest BCUT2D eigenvalue weighted by Crippen LogP contribution is 2.42. The number of amides is 1. The van der Waals surface area contributed by atoms with E-state index >= 15 is 0 Å². The zero-order valence-electron chi connectivity index (χ0n) is 13.3. The molecule has 3 nitrogen and oxygen atoms in total. The van der Waals surface area contributed by atoms with E-state index in [1.807, 2.05) is 0 Å². The molecule has 0 aliphatic heterocycles. The Morgan fingerprint density at radius 3 is 2.55 bits per heavy atom. The van der Waals surface area contributed by atoms with Crippen molar-refractivity contribution in [3.63, 3.8) is 0 Å². The van der Waals surface area contributed by atoms with Crippen molar-refractivity contribution in [2.24, 2.45) is 23.5 Å². The maximum Gasteiger partial charge on any atom is 0.223 e. The van der Waals surface area contributed by atoms with Crippen LogP contribution in [-0.2, 0) is 4.79 Å². The first-order valence-electron chi connectivity index (χ1n) is 8.60. The van der Waals surface area contributed by atoms with Gasteiger partial charge < -0.3 is 11.1 Å². The largest absolute Gasteiger partial charge is 0.351 e. The molecular weight excluding hydrogens is 248 g/mol. The van der Waals surface area contributed by atoms with Crippen LogP contribution in [0.3, 0.4) is 0 Å². The van der Waals surface area contributed by atoms with Gasteiger partial charge in [0.2, 0.25) is 5.91 Å². The van der Waals surface area contributed by atoms with Gasteiger partial charge in [-0.25, -0.2) is 0 Å². The number of hydrogen-bond acceptors (Lipinski definition) is 2. The molecule has 0 aromatic carbocycles. The van der Waals surface area contributed by atoms with Gasteiger partial charge in [-0.05, 0) is 57.4 Å². The molecule has 0 aromatic rings. The van der Waals surface area contributed by atoms with Crippen LogP contribution in [0.1, 0.15) is 71.6 Å². The molecule has 3 heteroatoms. The summed E-state index contributed by atoms with van der Waals surface area (Å²) in [5.74, 6) is 2.26. The van der Waals surface area contributed by atoms with E-state index in [4.69, 9.17) is 5.73 Å². The molecule has 2 saturated carbocycles. The summed E-state index contributed by atoms with van der Waals surface area (Å²) in [4.78, 5) is 12.6. The van der Waals surface area contributed by atoms with Crippen LogP contribution in [0, 0.1) is 17.8 Å². The lowest BCUT2D eigenvalue weighted by molar-refractivity contribution is -0.129. The van der Waals surface area contributed by atoms with Crippen molar-refractivity contribution < 1.29 is 4.79 Å². The highest BCUT2D eigenvalue weighted by atomic mass is 16.2. The van der Waals surface area contributed by atoms with Gasteiger partial charge in [0.15, 0.2) is 0 Å². The maximum absolute atomic E-state index is 12.6. The van der Waals surface area contributed by atoms with E-state index < -0.39 is 0 Å². The van der Waals surface area contributed by atoms with Gasteiger partial charge >= 0.3 is 0 Å². The summed E-state index contributed by atoms with van der Waals surface area (Å²) in [6.45, 7) is 4.90. The van der Waals surface area contributed by atoms with Gasteiger partial charge in [-0.1, -0.05) is 32.6 Å². The van der Waals surface area contributed by atoms with Crippen LogP contribution in [0.5, 0.6) is 0 Å². The Labute approximate surface area is 124 Å². The number of rotatable bonds is 5.